The molecule has 0 radical (unpaired) electrons. The highest BCUT2D eigenvalue weighted by atomic mass is 16.6. The van der Waals surface area contributed by atoms with Crippen LogP contribution in [-0.4, -0.2) is 49.8 Å². The first-order valence-electron chi connectivity index (χ1n) is 7.54. The van der Waals surface area contributed by atoms with Crippen LogP contribution in [0.5, 0.6) is 0 Å². The Balaban J connectivity index is 2.36. The molecule has 5 N–H and O–H groups in total. The summed E-state index contributed by atoms with van der Waals surface area (Å²) >= 11 is 0. The van der Waals surface area contributed by atoms with E-state index in [1.807, 2.05) is 19.9 Å². The lowest BCUT2D eigenvalue weighted by Gasteiger charge is -2.18. The van der Waals surface area contributed by atoms with Crippen LogP contribution < -0.4 is 11.4 Å². The molecule has 128 valence electrons. The summed E-state index contributed by atoms with van der Waals surface area (Å²) in [7, 11) is 0. The third-order valence-electron chi connectivity index (χ3n) is 3.87. The fraction of sp³-hybridized carbons (Fsp3) is 0.600. The average Bonchev–Trinajstić information content (AvgIpc) is 2.78. The maximum Gasteiger partial charge on any atom is 0.351 e. The van der Waals surface area contributed by atoms with Crippen molar-refractivity contribution < 1.29 is 20.1 Å². The van der Waals surface area contributed by atoms with E-state index in [4.69, 9.17) is 15.6 Å². The van der Waals surface area contributed by atoms with Crippen LogP contribution in [0.1, 0.15) is 32.1 Å². The Hall–Kier alpha value is -1.74. The molecule has 0 spiro atoms. The van der Waals surface area contributed by atoms with Gasteiger partial charge >= 0.3 is 5.69 Å². The monoisotopic (exact) mass is 325 g/mol. The van der Waals surface area contributed by atoms with Gasteiger partial charge in [0.2, 0.25) is 0 Å². The number of nitrogens with two attached hydrogens (primary N) is 1. The highest BCUT2D eigenvalue weighted by molar-refractivity contribution is 5.39. The molecule has 0 saturated carbocycles. The lowest BCUT2D eigenvalue weighted by atomic mass is 10.1. The largest absolute Gasteiger partial charge is 0.394 e. The van der Waals surface area contributed by atoms with Gasteiger partial charge in [0.1, 0.15) is 24.1 Å². The van der Waals surface area contributed by atoms with Gasteiger partial charge in [-0.2, -0.15) is 4.98 Å². The molecule has 8 heteroatoms. The van der Waals surface area contributed by atoms with Crippen molar-refractivity contribution in [1.82, 2.24) is 9.55 Å². The standard InChI is InChI=1S/C15H23N3O5/c1-3-4-8(2)5-9-6-18(15(22)17-13(9)16)14-12(21)11(20)10(7-19)23-14/h4,6,10-12,14,19-21H,3,5,7H2,1-2H3,(H2,16,17,22)/t10-,11-,12+,14-/m1/s1. The first-order chi connectivity index (χ1) is 10.9. The summed E-state index contributed by atoms with van der Waals surface area (Å²) in [5, 5.41) is 29.0. The Bertz CT molecular complexity index is 642. The molecule has 1 fully saturated rings. The van der Waals surface area contributed by atoms with Crippen molar-refractivity contribution in [2.45, 2.75) is 51.2 Å². The van der Waals surface area contributed by atoms with Gasteiger partial charge in [0, 0.05) is 11.8 Å². The summed E-state index contributed by atoms with van der Waals surface area (Å²) in [5.41, 5.74) is 6.83. The minimum Gasteiger partial charge on any atom is -0.394 e. The van der Waals surface area contributed by atoms with Crippen molar-refractivity contribution in [3.05, 3.63) is 33.9 Å². The second-order valence-electron chi connectivity index (χ2n) is 5.71. The summed E-state index contributed by atoms with van der Waals surface area (Å²) < 4.78 is 6.47. The van der Waals surface area contributed by atoms with E-state index in [0.29, 0.717) is 12.0 Å². The highest BCUT2D eigenvalue weighted by Crippen LogP contribution is 2.28. The van der Waals surface area contributed by atoms with Crippen LogP contribution in [0.4, 0.5) is 5.82 Å². The van der Waals surface area contributed by atoms with Gasteiger partial charge in [-0.15, -0.1) is 0 Å². The summed E-state index contributed by atoms with van der Waals surface area (Å²) in [5.74, 6) is 0.127. The molecule has 2 heterocycles. The minimum absolute atomic E-state index is 0.127. The van der Waals surface area contributed by atoms with E-state index < -0.39 is 36.8 Å². The second-order valence-corrected chi connectivity index (χ2v) is 5.71. The Morgan fingerprint density at radius 1 is 1.48 bits per heavy atom. The van der Waals surface area contributed by atoms with Crippen molar-refractivity contribution in [1.29, 1.82) is 0 Å². The molecule has 1 aromatic heterocycles. The summed E-state index contributed by atoms with van der Waals surface area (Å²) in [6, 6.07) is 0. The third-order valence-corrected chi connectivity index (χ3v) is 3.87. The number of hydrogen-bond acceptors (Lipinski definition) is 7. The van der Waals surface area contributed by atoms with Crippen LogP contribution in [0, 0.1) is 0 Å². The van der Waals surface area contributed by atoms with Crippen LogP contribution in [0.25, 0.3) is 0 Å². The molecule has 1 saturated heterocycles. The normalized spacial score (nSPS) is 28.3. The number of nitrogen functional groups attached to an aromatic ring is 1. The number of hydrogen-bond donors (Lipinski definition) is 4. The van der Waals surface area contributed by atoms with E-state index in [1.54, 1.807) is 0 Å². The van der Waals surface area contributed by atoms with Crippen LogP contribution in [0.15, 0.2) is 22.6 Å². The topological polar surface area (TPSA) is 131 Å². The SMILES string of the molecule is CCC=C(C)Cc1cn([C@@H]2O[C@H](CO)[C@@H](O)[C@@H]2O)c(=O)nc1N. The molecule has 0 unspecified atom stereocenters. The summed E-state index contributed by atoms with van der Waals surface area (Å²) in [4.78, 5) is 15.8. The molecule has 23 heavy (non-hydrogen) atoms. The molecule has 0 aromatic carbocycles. The molecular formula is C15H23N3O5. The molecule has 1 aliphatic heterocycles. The smallest absolute Gasteiger partial charge is 0.351 e. The summed E-state index contributed by atoms with van der Waals surface area (Å²) in [6.07, 6.45) is 0.242. The Morgan fingerprint density at radius 3 is 2.74 bits per heavy atom. The van der Waals surface area contributed by atoms with Crippen molar-refractivity contribution in [3.63, 3.8) is 0 Å². The van der Waals surface area contributed by atoms with Gasteiger partial charge in [-0.1, -0.05) is 18.6 Å². The average molecular weight is 325 g/mol. The fourth-order valence-electron chi connectivity index (χ4n) is 2.67. The van der Waals surface area contributed by atoms with Crippen molar-refractivity contribution in [2.75, 3.05) is 12.3 Å². The Morgan fingerprint density at radius 2 is 2.17 bits per heavy atom. The van der Waals surface area contributed by atoms with Gasteiger partial charge in [-0.05, 0) is 19.8 Å². The van der Waals surface area contributed by atoms with Gasteiger partial charge in [0.25, 0.3) is 0 Å². The Labute approximate surface area is 133 Å². The van der Waals surface area contributed by atoms with Gasteiger partial charge in [-0.3, -0.25) is 4.57 Å². The van der Waals surface area contributed by atoms with Crippen LogP contribution in [0.2, 0.25) is 0 Å². The van der Waals surface area contributed by atoms with Gasteiger partial charge < -0.3 is 25.8 Å². The van der Waals surface area contributed by atoms with E-state index >= 15 is 0 Å². The number of rotatable bonds is 5. The third kappa shape index (κ3) is 3.61. The molecule has 2 rings (SSSR count). The van der Waals surface area contributed by atoms with Gasteiger partial charge in [0.15, 0.2) is 6.23 Å². The predicted octanol–water partition coefficient (Wildman–Crippen LogP) is -0.664. The molecule has 1 aromatic rings. The molecule has 0 amide bonds. The second kappa shape index (κ2) is 7.22. The molecular weight excluding hydrogens is 302 g/mol. The van der Waals surface area contributed by atoms with Gasteiger partial charge in [0.05, 0.1) is 6.61 Å². The summed E-state index contributed by atoms with van der Waals surface area (Å²) in [6.45, 7) is 3.51. The minimum atomic E-state index is -1.34. The quantitative estimate of drug-likeness (QED) is 0.528. The van der Waals surface area contributed by atoms with Crippen LogP contribution in [0.3, 0.4) is 0 Å². The van der Waals surface area contributed by atoms with E-state index in [-0.39, 0.29) is 5.82 Å². The van der Waals surface area contributed by atoms with Crippen molar-refractivity contribution in [2.24, 2.45) is 0 Å². The molecule has 0 bridgehead atoms. The fourth-order valence-corrected chi connectivity index (χ4v) is 2.67. The number of anilines is 1. The number of aliphatic hydroxyl groups excluding tert-OH is 3. The number of aliphatic hydroxyl groups is 3. The number of aromatic nitrogens is 2. The zero-order valence-corrected chi connectivity index (χ0v) is 13.2. The Kier molecular flexibility index (Phi) is 5.53. The van der Waals surface area contributed by atoms with Gasteiger partial charge in [-0.25, -0.2) is 4.79 Å². The van der Waals surface area contributed by atoms with E-state index in [9.17, 15) is 15.0 Å². The van der Waals surface area contributed by atoms with E-state index in [1.165, 1.54) is 6.20 Å². The molecule has 8 nitrogen and oxygen atoms in total. The maximum absolute atomic E-state index is 12.1. The van der Waals surface area contributed by atoms with E-state index in [2.05, 4.69) is 4.98 Å². The molecule has 1 aliphatic rings. The number of nitrogens with zero attached hydrogens (tertiary/aromatic N) is 2. The zero-order valence-electron chi connectivity index (χ0n) is 13.2. The first kappa shape index (κ1) is 17.6. The molecule has 0 aliphatic carbocycles. The lowest BCUT2D eigenvalue weighted by molar-refractivity contribution is -0.0550. The predicted molar refractivity (Wildman–Crippen MR) is 83.7 cm³/mol. The van der Waals surface area contributed by atoms with Crippen molar-refractivity contribution in [3.8, 4) is 0 Å². The van der Waals surface area contributed by atoms with Crippen LogP contribution in [-0.2, 0) is 11.2 Å². The molecule has 4 atom stereocenters. The zero-order chi connectivity index (χ0) is 17.1. The van der Waals surface area contributed by atoms with E-state index in [0.717, 1.165) is 16.6 Å². The number of allylic oxidation sites excluding steroid dienone is 2. The van der Waals surface area contributed by atoms with Crippen molar-refractivity contribution >= 4 is 5.82 Å². The van der Waals surface area contributed by atoms with Crippen LogP contribution >= 0.6 is 0 Å². The maximum atomic E-state index is 12.1. The highest BCUT2D eigenvalue weighted by Gasteiger charge is 2.43. The number of ether oxygens (including phenoxy) is 1. The first-order valence-corrected chi connectivity index (χ1v) is 7.54. The lowest BCUT2D eigenvalue weighted by Crippen LogP contribution is -2.36.